The minimum Gasteiger partial charge on any atom is -0.382 e. The summed E-state index contributed by atoms with van der Waals surface area (Å²) in [5.41, 5.74) is 5.48. The van der Waals surface area contributed by atoms with Crippen molar-refractivity contribution < 1.29 is 9.59 Å². The van der Waals surface area contributed by atoms with Gasteiger partial charge >= 0.3 is 0 Å². The summed E-state index contributed by atoms with van der Waals surface area (Å²) in [6.07, 6.45) is 0.290. The van der Waals surface area contributed by atoms with Crippen LogP contribution in [0.5, 0.6) is 0 Å². The molecule has 4 nitrogen and oxygen atoms in total. The van der Waals surface area contributed by atoms with E-state index < -0.39 is 0 Å². The quantitative estimate of drug-likeness (QED) is 0.373. The molecule has 1 aliphatic carbocycles. The molecule has 30 heavy (non-hydrogen) atoms. The smallest absolute Gasteiger partial charge is 0.196 e. The van der Waals surface area contributed by atoms with Crippen molar-refractivity contribution in [2.75, 3.05) is 5.32 Å². The van der Waals surface area contributed by atoms with Crippen molar-refractivity contribution in [2.45, 2.75) is 26.3 Å². The Hall–Kier alpha value is -3.31. The van der Waals surface area contributed by atoms with Gasteiger partial charge in [0.2, 0.25) is 0 Å². The molecule has 0 bridgehead atoms. The van der Waals surface area contributed by atoms with Crippen LogP contribution in [0.25, 0.3) is 21.3 Å². The molecule has 4 aromatic rings. The molecule has 1 aromatic heterocycles. The molecule has 3 aromatic carbocycles. The van der Waals surface area contributed by atoms with Crippen LogP contribution in [-0.2, 0) is 6.42 Å². The summed E-state index contributed by atoms with van der Waals surface area (Å²) < 4.78 is 5.64. The Labute approximate surface area is 178 Å². The zero-order valence-electron chi connectivity index (χ0n) is 16.7. The number of nitrogens with zero attached hydrogens (tertiary/aromatic N) is 1. The first-order valence-electron chi connectivity index (χ1n) is 9.98. The van der Waals surface area contributed by atoms with E-state index in [1.54, 1.807) is 0 Å². The van der Waals surface area contributed by atoms with Crippen LogP contribution in [0.3, 0.4) is 0 Å². The number of aromatic nitrogens is 1. The van der Waals surface area contributed by atoms with Gasteiger partial charge in [0, 0.05) is 40.2 Å². The van der Waals surface area contributed by atoms with Gasteiger partial charge in [0.15, 0.2) is 11.6 Å². The van der Waals surface area contributed by atoms with Crippen LogP contribution in [0.15, 0.2) is 60.7 Å². The zero-order valence-corrected chi connectivity index (χ0v) is 17.5. The van der Waals surface area contributed by atoms with E-state index in [0.29, 0.717) is 23.1 Å². The third-order valence-electron chi connectivity index (χ3n) is 5.39. The molecule has 0 fully saturated rings. The lowest BCUT2D eigenvalue weighted by atomic mass is 9.85. The number of fused-ring (bicyclic) bond motifs is 2. The number of hydrogen-bond acceptors (Lipinski definition) is 5. The molecule has 0 spiro atoms. The van der Waals surface area contributed by atoms with E-state index in [2.05, 4.69) is 19.2 Å². The second-order valence-electron chi connectivity index (χ2n) is 7.83. The summed E-state index contributed by atoms with van der Waals surface area (Å²) in [4.78, 5) is 26.2. The number of anilines is 1. The predicted molar refractivity (Wildman–Crippen MR) is 122 cm³/mol. The first-order valence-corrected chi connectivity index (χ1v) is 10.8. The van der Waals surface area contributed by atoms with E-state index in [9.17, 15) is 9.59 Å². The molecule has 0 aliphatic heterocycles. The summed E-state index contributed by atoms with van der Waals surface area (Å²) in [6, 6.07) is 19.1. The monoisotopic (exact) mass is 412 g/mol. The summed E-state index contributed by atoms with van der Waals surface area (Å²) in [5.74, 6) is 0.0687. The number of rotatable bonds is 5. The van der Waals surface area contributed by atoms with Gasteiger partial charge in [0.05, 0.1) is 16.0 Å². The minimum absolute atomic E-state index is 0.00684. The number of carbonyl (C=O) groups is 2. The molecular weight excluding hydrogens is 392 g/mol. The highest BCUT2D eigenvalue weighted by Gasteiger charge is 2.31. The normalized spacial score (nSPS) is 12.3. The number of benzene rings is 3. The Morgan fingerprint density at radius 1 is 1.00 bits per heavy atom. The number of carbonyl (C=O) groups excluding carboxylic acids is 2. The second kappa shape index (κ2) is 7.18. The maximum absolute atomic E-state index is 13.4. The van der Waals surface area contributed by atoms with Crippen molar-refractivity contribution in [1.82, 2.24) is 4.37 Å². The van der Waals surface area contributed by atoms with Crippen LogP contribution in [0.4, 0.5) is 5.69 Å². The molecule has 0 radical (unpaired) electrons. The van der Waals surface area contributed by atoms with E-state index in [0.717, 1.165) is 32.6 Å². The van der Waals surface area contributed by atoms with Gasteiger partial charge in [0.25, 0.3) is 0 Å². The summed E-state index contributed by atoms with van der Waals surface area (Å²) in [7, 11) is 0. The van der Waals surface area contributed by atoms with Crippen LogP contribution in [0.2, 0.25) is 0 Å². The van der Waals surface area contributed by atoms with Crippen LogP contribution >= 0.6 is 11.5 Å². The molecular formula is C25H20N2O2S. The van der Waals surface area contributed by atoms with E-state index >= 15 is 0 Å². The summed E-state index contributed by atoms with van der Waals surface area (Å²) in [5, 5.41) is 4.26. The van der Waals surface area contributed by atoms with Gasteiger partial charge in [-0.1, -0.05) is 48.5 Å². The van der Waals surface area contributed by atoms with Crippen molar-refractivity contribution in [3.05, 3.63) is 82.9 Å². The Kier molecular flexibility index (Phi) is 4.48. The molecule has 1 aliphatic rings. The molecule has 148 valence electrons. The fourth-order valence-corrected chi connectivity index (χ4v) is 5.00. The first kappa shape index (κ1) is 18.7. The molecule has 0 unspecified atom stereocenters. The zero-order chi connectivity index (χ0) is 20.8. The number of nitrogens with one attached hydrogen (secondary N) is 1. The maximum atomic E-state index is 13.4. The largest absolute Gasteiger partial charge is 0.382 e. The Morgan fingerprint density at radius 2 is 1.80 bits per heavy atom. The number of hydrogen-bond donors (Lipinski definition) is 1. The highest BCUT2D eigenvalue weighted by Crippen LogP contribution is 2.44. The average molecular weight is 413 g/mol. The number of Topliss-reactive ketones (excluding diaryl/α,β-unsaturated/α-hetero) is 1. The fourth-order valence-electron chi connectivity index (χ4n) is 4.07. The molecule has 5 heteroatoms. The highest BCUT2D eigenvalue weighted by atomic mass is 32.1. The minimum atomic E-state index is 0.00684. The number of ketones is 2. The van der Waals surface area contributed by atoms with Crippen molar-refractivity contribution in [3.8, 4) is 11.3 Å². The lowest BCUT2D eigenvalue weighted by Gasteiger charge is -2.21. The summed E-state index contributed by atoms with van der Waals surface area (Å²) in [6.45, 7) is 4.11. The molecule has 0 amide bonds. The SMILES string of the molecule is CC(C)Nc1cccc2c1C(=O)c1ccc(CC(=O)c3ccccc3)c3snc-2c13. The third kappa shape index (κ3) is 2.94. The fraction of sp³-hybridized carbons (Fsp3) is 0.160. The lowest BCUT2D eigenvalue weighted by molar-refractivity contribution is 0.0992. The van der Waals surface area contributed by atoms with E-state index in [-0.39, 0.29) is 17.6 Å². The van der Waals surface area contributed by atoms with E-state index in [4.69, 9.17) is 4.37 Å². The van der Waals surface area contributed by atoms with E-state index in [1.165, 1.54) is 11.5 Å². The topological polar surface area (TPSA) is 59.1 Å². The summed E-state index contributed by atoms with van der Waals surface area (Å²) >= 11 is 1.37. The highest BCUT2D eigenvalue weighted by molar-refractivity contribution is 7.14. The Morgan fingerprint density at radius 3 is 2.57 bits per heavy atom. The van der Waals surface area contributed by atoms with Crippen LogP contribution in [0.1, 0.15) is 45.7 Å². The van der Waals surface area contributed by atoms with Crippen LogP contribution in [0, 0.1) is 0 Å². The third-order valence-corrected chi connectivity index (χ3v) is 6.31. The van der Waals surface area contributed by atoms with Crippen LogP contribution in [-0.4, -0.2) is 22.0 Å². The van der Waals surface area contributed by atoms with Crippen molar-refractivity contribution in [2.24, 2.45) is 0 Å². The second-order valence-corrected chi connectivity index (χ2v) is 8.60. The average Bonchev–Trinajstić information content (AvgIpc) is 3.19. The molecule has 0 saturated heterocycles. The Balaban J connectivity index is 1.63. The van der Waals surface area contributed by atoms with E-state index in [1.807, 2.05) is 60.7 Å². The standard InChI is InChI=1S/C25H20N2O2S/c1-14(2)26-19-10-6-9-17-21(19)24(29)18-12-11-16(25-22(18)23(17)27-30-25)13-20(28)15-7-4-3-5-8-15/h3-12,14,26H,13H2,1-2H3. The molecule has 1 heterocycles. The van der Waals surface area contributed by atoms with Gasteiger partial charge in [0.1, 0.15) is 0 Å². The molecule has 0 atom stereocenters. The predicted octanol–water partition coefficient (Wildman–Crippen LogP) is 5.75. The van der Waals surface area contributed by atoms with Gasteiger partial charge < -0.3 is 5.32 Å². The maximum Gasteiger partial charge on any atom is 0.196 e. The van der Waals surface area contributed by atoms with Gasteiger partial charge in [-0.25, -0.2) is 0 Å². The van der Waals surface area contributed by atoms with Gasteiger partial charge in [-0.15, -0.1) is 0 Å². The molecule has 0 saturated carbocycles. The van der Waals surface area contributed by atoms with Gasteiger partial charge in [-0.3, -0.25) is 9.59 Å². The van der Waals surface area contributed by atoms with Crippen molar-refractivity contribution in [1.29, 1.82) is 0 Å². The van der Waals surface area contributed by atoms with Gasteiger partial charge in [-0.05, 0) is 43.1 Å². The first-order chi connectivity index (χ1) is 14.5. The Bertz CT molecular complexity index is 1310. The molecule has 5 rings (SSSR count). The van der Waals surface area contributed by atoms with Gasteiger partial charge in [-0.2, -0.15) is 4.37 Å². The van der Waals surface area contributed by atoms with Crippen LogP contribution < -0.4 is 5.32 Å². The molecule has 1 N–H and O–H groups in total. The van der Waals surface area contributed by atoms with Crippen molar-refractivity contribution in [3.63, 3.8) is 0 Å². The lowest BCUT2D eigenvalue weighted by Crippen LogP contribution is -2.17. The van der Waals surface area contributed by atoms with Crippen molar-refractivity contribution >= 4 is 38.9 Å².